The van der Waals surface area contributed by atoms with E-state index in [-0.39, 0.29) is 23.9 Å². The number of aliphatic hydroxyl groups is 1. The number of ether oxygens (including phenoxy) is 1. The molecule has 1 aliphatic rings. The topological polar surface area (TPSA) is 70.6 Å². The number of hydrogen-bond donors (Lipinski definition) is 3. The maximum atomic E-state index is 13.9. The highest BCUT2D eigenvalue weighted by molar-refractivity contribution is 5.68. The number of carbonyl (C=O) groups excluding carboxylic acids is 1. The monoisotopic (exact) mass is 544 g/mol. The number of halogens is 2. The summed E-state index contributed by atoms with van der Waals surface area (Å²) in [5.74, 6) is -0.905. The van der Waals surface area contributed by atoms with E-state index in [1.165, 1.54) is 23.3 Å². The van der Waals surface area contributed by atoms with Crippen molar-refractivity contribution in [3.63, 3.8) is 0 Å². The Morgan fingerprint density at radius 2 is 1.77 bits per heavy atom. The molecular weight excluding hydrogens is 498 g/mol. The van der Waals surface area contributed by atoms with Crippen LogP contribution in [0.4, 0.5) is 13.6 Å². The molecule has 0 spiro atoms. The van der Waals surface area contributed by atoms with E-state index in [1.807, 2.05) is 0 Å². The van der Waals surface area contributed by atoms with Gasteiger partial charge in [0.1, 0.15) is 17.2 Å². The summed E-state index contributed by atoms with van der Waals surface area (Å²) in [4.78, 5) is 12.6. The van der Waals surface area contributed by atoms with Crippen LogP contribution in [0.2, 0.25) is 0 Å². The highest BCUT2D eigenvalue weighted by Crippen LogP contribution is 2.41. The first-order chi connectivity index (χ1) is 18.1. The Labute approximate surface area is 232 Å². The lowest BCUT2D eigenvalue weighted by Gasteiger charge is -2.43. The molecule has 0 radical (unpaired) electrons. The fraction of sp³-hybridized carbons (Fsp3) is 0.594. The van der Waals surface area contributed by atoms with E-state index >= 15 is 0 Å². The van der Waals surface area contributed by atoms with Gasteiger partial charge in [0.15, 0.2) is 0 Å². The first-order valence-corrected chi connectivity index (χ1v) is 14.0. The Kier molecular flexibility index (Phi) is 9.82. The number of carbonyl (C=O) groups is 1. The summed E-state index contributed by atoms with van der Waals surface area (Å²) in [7, 11) is 0. The van der Waals surface area contributed by atoms with Gasteiger partial charge >= 0.3 is 6.09 Å². The molecule has 39 heavy (non-hydrogen) atoms. The number of alkyl carbamates (subject to hydrolysis) is 1. The summed E-state index contributed by atoms with van der Waals surface area (Å²) in [6.45, 7) is 14.3. The van der Waals surface area contributed by atoms with Crippen LogP contribution in [0, 0.1) is 17.6 Å². The Bertz CT molecular complexity index is 1100. The molecule has 2 aromatic rings. The number of nitrogens with one attached hydrogen (secondary N) is 2. The number of rotatable bonds is 8. The van der Waals surface area contributed by atoms with Gasteiger partial charge in [-0.25, -0.2) is 13.6 Å². The zero-order valence-electron chi connectivity index (χ0n) is 24.5. The zero-order chi connectivity index (χ0) is 29.0. The third-order valence-corrected chi connectivity index (χ3v) is 7.47. The van der Waals surface area contributed by atoms with Crippen molar-refractivity contribution in [2.75, 3.05) is 6.54 Å². The van der Waals surface area contributed by atoms with Gasteiger partial charge in [-0.05, 0) is 80.2 Å². The average molecular weight is 545 g/mol. The van der Waals surface area contributed by atoms with Crippen LogP contribution in [0.3, 0.4) is 0 Å². The smallest absolute Gasteiger partial charge is 0.407 e. The highest BCUT2D eigenvalue weighted by atomic mass is 19.1. The molecule has 1 fully saturated rings. The molecule has 0 heterocycles. The van der Waals surface area contributed by atoms with Crippen molar-refractivity contribution in [3.05, 3.63) is 70.8 Å². The van der Waals surface area contributed by atoms with Gasteiger partial charge in [0.2, 0.25) is 0 Å². The van der Waals surface area contributed by atoms with Crippen molar-refractivity contribution < 1.29 is 23.4 Å². The Hall–Kier alpha value is -2.51. The first kappa shape index (κ1) is 31.0. The predicted octanol–water partition coefficient (Wildman–Crippen LogP) is 6.75. The van der Waals surface area contributed by atoms with Crippen LogP contribution in [-0.4, -0.2) is 35.5 Å². The summed E-state index contributed by atoms with van der Waals surface area (Å²) in [6.07, 6.45) is 2.37. The van der Waals surface area contributed by atoms with Gasteiger partial charge in [-0.3, -0.25) is 0 Å². The summed E-state index contributed by atoms with van der Waals surface area (Å²) in [5, 5.41) is 17.8. The molecule has 2 aromatic carbocycles. The highest BCUT2D eigenvalue weighted by Gasteiger charge is 2.38. The van der Waals surface area contributed by atoms with Crippen LogP contribution in [0.25, 0.3) is 0 Å². The molecule has 0 aliphatic heterocycles. The van der Waals surface area contributed by atoms with Gasteiger partial charge in [0, 0.05) is 18.2 Å². The molecule has 3 rings (SSSR count). The quantitative estimate of drug-likeness (QED) is 0.344. The molecule has 1 amide bonds. The Morgan fingerprint density at radius 3 is 2.36 bits per heavy atom. The maximum Gasteiger partial charge on any atom is 0.407 e. The average Bonchev–Trinajstić information content (AvgIpc) is 2.80. The molecule has 1 aliphatic carbocycles. The van der Waals surface area contributed by atoms with E-state index in [9.17, 15) is 18.7 Å². The van der Waals surface area contributed by atoms with Crippen molar-refractivity contribution in [3.8, 4) is 0 Å². The largest absolute Gasteiger partial charge is 0.444 e. The minimum Gasteiger partial charge on any atom is -0.444 e. The van der Waals surface area contributed by atoms with E-state index in [0.29, 0.717) is 11.5 Å². The minimum absolute atomic E-state index is 0.000338. The van der Waals surface area contributed by atoms with Gasteiger partial charge in [-0.2, -0.15) is 0 Å². The molecule has 3 N–H and O–H groups in total. The minimum atomic E-state index is -1.04. The van der Waals surface area contributed by atoms with Crippen molar-refractivity contribution in [2.45, 2.75) is 109 Å². The van der Waals surface area contributed by atoms with E-state index in [1.54, 1.807) is 20.8 Å². The van der Waals surface area contributed by atoms with Crippen LogP contribution in [0.5, 0.6) is 0 Å². The van der Waals surface area contributed by atoms with Crippen LogP contribution >= 0.6 is 0 Å². The molecule has 4 atom stereocenters. The lowest BCUT2D eigenvalue weighted by molar-refractivity contribution is 0.0404. The van der Waals surface area contributed by atoms with Crippen molar-refractivity contribution >= 4 is 6.09 Å². The van der Waals surface area contributed by atoms with Gasteiger partial charge in [0.25, 0.3) is 0 Å². The number of hydrogen-bond acceptors (Lipinski definition) is 4. The molecule has 0 saturated heterocycles. The van der Waals surface area contributed by atoms with Crippen molar-refractivity contribution in [2.24, 2.45) is 5.92 Å². The molecule has 216 valence electrons. The number of benzene rings is 2. The van der Waals surface area contributed by atoms with E-state index in [4.69, 9.17) is 4.74 Å². The zero-order valence-corrected chi connectivity index (χ0v) is 24.5. The van der Waals surface area contributed by atoms with Gasteiger partial charge in [0.05, 0.1) is 12.1 Å². The number of amides is 1. The van der Waals surface area contributed by atoms with Crippen LogP contribution in [0.1, 0.15) is 90.8 Å². The second-order valence-electron chi connectivity index (χ2n) is 13.3. The Balaban J connectivity index is 1.86. The summed E-state index contributed by atoms with van der Waals surface area (Å²) >= 11 is 0. The normalized spacial score (nSPS) is 21.7. The fourth-order valence-electron chi connectivity index (χ4n) is 5.53. The van der Waals surface area contributed by atoms with Gasteiger partial charge < -0.3 is 20.5 Å². The van der Waals surface area contributed by atoms with E-state index in [0.717, 1.165) is 31.7 Å². The molecular formula is C32H46F2N2O3. The Morgan fingerprint density at radius 1 is 1.10 bits per heavy atom. The summed E-state index contributed by atoms with van der Waals surface area (Å²) in [6, 6.07) is 11.1. The van der Waals surface area contributed by atoms with E-state index in [2.05, 4.69) is 62.6 Å². The first-order valence-electron chi connectivity index (χ1n) is 14.0. The third kappa shape index (κ3) is 9.00. The molecule has 5 nitrogen and oxygen atoms in total. The van der Waals surface area contributed by atoms with Gasteiger partial charge in [-0.1, -0.05) is 64.8 Å². The van der Waals surface area contributed by atoms with Crippen LogP contribution < -0.4 is 10.6 Å². The lowest BCUT2D eigenvalue weighted by Crippen LogP contribution is -2.54. The second kappa shape index (κ2) is 12.3. The third-order valence-electron chi connectivity index (χ3n) is 7.47. The van der Waals surface area contributed by atoms with E-state index < -0.39 is 35.5 Å². The second-order valence-corrected chi connectivity index (χ2v) is 13.3. The van der Waals surface area contributed by atoms with Crippen molar-refractivity contribution in [1.82, 2.24) is 10.6 Å². The lowest BCUT2D eigenvalue weighted by atomic mass is 9.71. The standard InChI is InChI=1S/C32H46F2N2O3/c1-21-10-9-13-32(19-21,24-12-8-11-23(17-24)30(2,3)4)35-20-28(37)27(36-29(38)39-31(5,6)7)16-22-14-25(33)18-26(34)15-22/h8,11-12,14-15,17-18,21,27-28,35,37H,9-10,13,16,19-20H2,1-7H3,(H,36,38)/t21?,27-,28-,32?/m1/s1. The molecule has 0 bridgehead atoms. The summed E-state index contributed by atoms with van der Waals surface area (Å²) in [5.41, 5.74) is 1.71. The number of aliphatic hydroxyl groups excluding tert-OH is 1. The molecule has 1 saturated carbocycles. The molecule has 7 heteroatoms. The van der Waals surface area contributed by atoms with Crippen LogP contribution in [0.15, 0.2) is 42.5 Å². The molecule has 2 unspecified atom stereocenters. The van der Waals surface area contributed by atoms with Crippen LogP contribution in [-0.2, 0) is 22.1 Å². The predicted molar refractivity (Wildman–Crippen MR) is 152 cm³/mol. The maximum absolute atomic E-state index is 13.9. The molecule has 0 aromatic heterocycles. The summed E-state index contributed by atoms with van der Waals surface area (Å²) < 4.78 is 33.3. The van der Waals surface area contributed by atoms with Gasteiger partial charge in [-0.15, -0.1) is 0 Å². The van der Waals surface area contributed by atoms with Crippen molar-refractivity contribution in [1.29, 1.82) is 0 Å². The fourth-order valence-corrected chi connectivity index (χ4v) is 5.53. The SMILES string of the molecule is CC1CCCC(NC[C@@H](O)[C@@H](Cc2cc(F)cc(F)c2)NC(=O)OC(C)(C)C)(c2cccc(C(C)(C)C)c2)C1.